The Hall–Kier alpha value is -1.03. The van der Waals surface area contributed by atoms with Crippen LogP contribution in [-0.4, -0.2) is 17.8 Å². The summed E-state index contributed by atoms with van der Waals surface area (Å²) >= 11 is 0. The number of hydrogen-bond acceptors (Lipinski definition) is 2. The van der Waals surface area contributed by atoms with Gasteiger partial charge in [0.05, 0.1) is 0 Å². The van der Waals surface area contributed by atoms with Gasteiger partial charge in [-0.05, 0) is 17.7 Å². The molecule has 0 fully saturated rings. The number of hydrogen-bond donors (Lipinski definition) is 1. The van der Waals surface area contributed by atoms with E-state index in [1.54, 1.807) is 18.3 Å². The molecule has 13 heavy (non-hydrogen) atoms. The number of aromatic nitrogens is 1. The molecular formula is C9H12F2N2. The van der Waals surface area contributed by atoms with Crippen LogP contribution in [0.5, 0.6) is 0 Å². The first-order valence-electron chi connectivity index (χ1n) is 4.10. The van der Waals surface area contributed by atoms with Gasteiger partial charge in [0.2, 0.25) is 0 Å². The molecule has 4 heteroatoms. The second-order valence-corrected chi connectivity index (χ2v) is 2.82. The first kappa shape index (κ1) is 10.1. The van der Waals surface area contributed by atoms with Gasteiger partial charge in [0.1, 0.15) is 12.8 Å². The summed E-state index contributed by atoms with van der Waals surface area (Å²) < 4.78 is 24.4. The van der Waals surface area contributed by atoms with E-state index < -0.39 is 12.8 Å². The SMILES string of the molecule is NCc1ccnc(CC(F)CF)c1. The van der Waals surface area contributed by atoms with Gasteiger partial charge in [-0.15, -0.1) is 0 Å². The minimum atomic E-state index is -1.46. The molecule has 0 saturated carbocycles. The number of nitrogens with two attached hydrogens (primary N) is 1. The minimum Gasteiger partial charge on any atom is -0.326 e. The lowest BCUT2D eigenvalue weighted by atomic mass is 10.1. The van der Waals surface area contributed by atoms with E-state index in [9.17, 15) is 8.78 Å². The fourth-order valence-corrected chi connectivity index (χ4v) is 1.05. The highest BCUT2D eigenvalue weighted by atomic mass is 19.2. The van der Waals surface area contributed by atoms with Crippen molar-refractivity contribution in [1.29, 1.82) is 0 Å². The lowest BCUT2D eigenvalue weighted by Crippen LogP contribution is -2.09. The molecule has 0 amide bonds. The summed E-state index contributed by atoms with van der Waals surface area (Å²) in [6, 6.07) is 3.45. The van der Waals surface area contributed by atoms with Gasteiger partial charge in [-0.1, -0.05) is 0 Å². The molecule has 2 nitrogen and oxygen atoms in total. The Morgan fingerprint density at radius 1 is 1.54 bits per heavy atom. The van der Waals surface area contributed by atoms with E-state index in [0.29, 0.717) is 12.2 Å². The Balaban J connectivity index is 2.66. The quantitative estimate of drug-likeness (QED) is 0.771. The molecule has 1 aromatic heterocycles. The molecule has 0 radical (unpaired) electrons. The lowest BCUT2D eigenvalue weighted by Gasteiger charge is -2.04. The Kier molecular flexibility index (Phi) is 3.76. The molecule has 0 bridgehead atoms. The third-order valence-electron chi connectivity index (χ3n) is 1.71. The summed E-state index contributed by atoms with van der Waals surface area (Å²) in [7, 11) is 0. The van der Waals surface area contributed by atoms with Crippen molar-refractivity contribution < 1.29 is 8.78 Å². The third-order valence-corrected chi connectivity index (χ3v) is 1.71. The van der Waals surface area contributed by atoms with E-state index in [4.69, 9.17) is 5.73 Å². The van der Waals surface area contributed by atoms with Crippen LogP contribution >= 0.6 is 0 Å². The highest BCUT2D eigenvalue weighted by Gasteiger charge is 2.07. The van der Waals surface area contributed by atoms with Crippen LogP contribution in [0, 0.1) is 0 Å². The van der Waals surface area contributed by atoms with Crippen LogP contribution in [0.4, 0.5) is 8.78 Å². The van der Waals surface area contributed by atoms with Gasteiger partial charge in [0, 0.05) is 24.9 Å². The summed E-state index contributed by atoms with van der Waals surface area (Å²) in [4.78, 5) is 3.91. The molecular weight excluding hydrogens is 174 g/mol. The van der Waals surface area contributed by atoms with E-state index >= 15 is 0 Å². The lowest BCUT2D eigenvalue weighted by molar-refractivity contribution is 0.258. The molecule has 1 rings (SSSR count). The van der Waals surface area contributed by atoms with E-state index in [2.05, 4.69) is 4.98 Å². The van der Waals surface area contributed by atoms with Crippen molar-refractivity contribution in [2.45, 2.75) is 19.1 Å². The summed E-state index contributed by atoms with van der Waals surface area (Å²) in [6.07, 6.45) is 0.118. The second-order valence-electron chi connectivity index (χ2n) is 2.82. The Morgan fingerprint density at radius 3 is 2.92 bits per heavy atom. The normalized spacial score (nSPS) is 12.8. The number of alkyl halides is 2. The van der Waals surface area contributed by atoms with Gasteiger partial charge < -0.3 is 5.73 Å². The molecule has 0 spiro atoms. The van der Waals surface area contributed by atoms with Gasteiger partial charge in [-0.2, -0.15) is 0 Å². The highest BCUT2D eigenvalue weighted by Crippen LogP contribution is 2.06. The second kappa shape index (κ2) is 4.87. The molecule has 1 heterocycles. The molecule has 72 valence electrons. The third kappa shape index (κ3) is 3.06. The number of rotatable bonds is 4. The Bertz CT molecular complexity index is 266. The van der Waals surface area contributed by atoms with Crippen molar-refractivity contribution in [2.24, 2.45) is 5.73 Å². The molecule has 0 aliphatic rings. The minimum absolute atomic E-state index is 0.0182. The first-order valence-corrected chi connectivity index (χ1v) is 4.10. The maximum absolute atomic E-state index is 12.6. The molecule has 2 N–H and O–H groups in total. The Labute approximate surface area is 75.8 Å². The van der Waals surface area contributed by atoms with E-state index in [0.717, 1.165) is 5.56 Å². The number of nitrogens with zero attached hydrogens (tertiary/aromatic N) is 1. The smallest absolute Gasteiger partial charge is 0.134 e. The van der Waals surface area contributed by atoms with Crippen LogP contribution in [0.25, 0.3) is 0 Å². The van der Waals surface area contributed by atoms with E-state index in [1.165, 1.54) is 0 Å². The van der Waals surface area contributed by atoms with Crippen molar-refractivity contribution in [3.8, 4) is 0 Å². The van der Waals surface area contributed by atoms with Crippen molar-refractivity contribution >= 4 is 0 Å². The maximum Gasteiger partial charge on any atom is 0.134 e. The summed E-state index contributed by atoms with van der Waals surface area (Å²) in [6.45, 7) is -0.573. The monoisotopic (exact) mass is 186 g/mol. The molecule has 0 aliphatic heterocycles. The van der Waals surface area contributed by atoms with Crippen LogP contribution in [0.2, 0.25) is 0 Å². The van der Waals surface area contributed by atoms with Gasteiger partial charge in [-0.3, -0.25) is 4.98 Å². The predicted molar refractivity (Wildman–Crippen MR) is 46.7 cm³/mol. The maximum atomic E-state index is 12.6. The van der Waals surface area contributed by atoms with Gasteiger partial charge in [0.15, 0.2) is 0 Å². The topological polar surface area (TPSA) is 38.9 Å². The fourth-order valence-electron chi connectivity index (χ4n) is 1.05. The Morgan fingerprint density at radius 2 is 2.31 bits per heavy atom. The molecule has 1 aromatic rings. The summed E-state index contributed by atoms with van der Waals surface area (Å²) in [5.41, 5.74) is 6.82. The predicted octanol–water partition coefficient (Wildman–Crippen LogP) is 1.39. The molecule has 1 unspecified atom stereocenters. The summed E-state index contributed by atoms with van der Waals surface area (Å²) in [5.74, 6) is 0. The van der Waals surface area contributed by atoms with Crippen LogP contribution in [0.15, 0.2) is 18.3 Å². The molecule has 0 aromatic carbocycles. The van der Waals surface area contributed by atoms with Gasteiger partial charge in [-0.25, -0.2) is 8.78 Å². The van der Waals surface area contributed by atoms with Crippen molar-refractivity contribution in [3.05, 3.63) is 29.6 Å². The summed E-state index contributed by atoms with van der Waals surface area (Å²) in [5, 5.41) is 0. The number of halogens is 2. The van der Waals surface area contributed by atoms with Crippen LogP contribution in [0.3, 0.4) is 0 Å². The zero-order valence-electron chi connectivity index (χ0n) is 7.21. The first-order chi connectivity index (χ1) is 6.26. The zero-order chi connectivity index (χ0) is 9.68. The van der Waals surface area contributed by atoms with E-state index in [1.807, 2.05) is 0 Å². The van der Waals surface area contributed by atoms with E-state index in [-0.39, 0.29) is 6.42 Å². The standard InChI is InChI=1S/C9H12F2N2/c10-5-8(11)4-9-3-7(6-12)1-2-13-9/h1-3,8H,4-6,12H2. The van der Waals surface area contributed by atoms with Crippen LogP contribution < -0.4 is 5.73 Å². The van der Waals surface area contributed by atoms with Gasteiger partial charge >= 0.3 is 0 Å². The fraction of sp³-hybridized carbons (Fsp3) is 0.444. The van der Waals surface area contributed by atoms with Gasteiger partial charge in [0.25, 0.3) is 0 Å². The molecule has 0 aliphatic carbocycles. The van der Waals surface area contributed by atoms with Crippen LogP contribution in [0.1, 0.15) is 11.3 Å². The highest BCUT2D eigenvalue weighted by molar-refractivity contribution is 5.16. The van der Waals surface area contributed by atoms with Crippen molar-refractivity contribution in [2.75, 3.05) is 6.67 Å². The van der Waals surface area contributed by atoms with Crippen molar-refractivity contribution in [3.63, 3.8) is 0 Å². The van der Waals surface area contributed by atoms with Crippen LogP contribution in [-0.2, 0) is 13.0 Å². The molecule has 0 saturated heterocycles. The zero-order valence-corrected chi connectivity index (χ0v) is 7.21. The average molecular weight is 186 g/mol. The largest absolute Gasteiger partial charge is 0.326 e. The average Bonchev–Trinajstić information content (AvgIpc) is 2.18. The van der Waals surface area contributed by atoms with Crippen molar-refractivity contribution in [1.82, 2.24) is 4.98 Å². The number of pyridine rings is 1. The molecule has 1 atom stereocenters.